The van der Waals surface area contributed by atoms with E-state index in [-0.39, 0.29) is 17.5 Å². The van der Waals surface area contributed by atoms with E-state index in [1.807, 2.05) is 40.0 Å². The number of hydrogen-bond donors (Lipinski definition) is 1. The molecular weight excluding hydrogens is 379 g/mol. The number of amides is 1. The summed E-state index contributed by atoms with van der Waals surface area (Å²) >= 11 is 1.57. The highest BCUT2D eigenvalue weighted by molar-refractivity contribution is 7.09. The molecule has 7 heteroatoms. The van der Waals surface area contributed by atoms with Gasteiger partial charge in [-0.25, -0.2) is 9.78 Å². The molecule has 1 atom stereocenters. The second kappa shape index (κ2) is 13.8. The van der Waals surface area contributed by atoms with Gasteiger partial charge in [0.25, 0.3) is 5.91 Å². The first-order valence-corrected chi connectivity index (χ1v) is 10.4. The van der Waals surface area contributed by atoms with Crippen molar-refractivity contribution in [2.24, 2.45) is 0 Å². The third kappa shape index (κ3) is 6.71. The average molecular weight is 411 g/mol. The highest BCUT2D eigenvalue weighted by Gasteiger charge is 2.32. The van der Waals surface area contributed by atoms with Gasteiger partial charge in [-0.2, -0.15) is 0 Å². The number of halogens is 1. The fourth-order valence-corrected chi connectivity index (χ4v) is 3.69. The predicted octanol–water partition coefficient (Wildman–Crippen LogP) is 5.77. The average Bonchev–Trinajstić information content (AvgIpc) is 3.41. The summed E-state index contributed by atoms with van der Waals surface area (Å²) in [5.74, 6) is -1.15. The van der Waals surface area contributed by atoms with Crippen molar-refractivity contribution >= 4 is 23.2 Å². The van der Waals surface area contributed by atoms with Gasteiger partial charge in [-0.3, -0.25) is 9.18 Å². The SMILES string of the molecule is CC.CC.CF.Cc1csc(C2CCCN2C(=O)c2cccc(C(=O)O)c2)n1. The van der Waals surface area contributed by atoms with Crippen LogP contribution in [0.25, 0.3) is 0 Å². The number of benzene rings is 1. The molecule has 1 N–H and O–H groups in total. The van der Waals surface area contributed by atoms with Crippen LogP contribution in [0.3, 0.4) is 0 Å². The zero-order valence-electron chi connectivity index (χ0n) is 17.5. The van der Waals surface area contributed by atoms with Crippen molar-refractivity contribution in [1.29, 1.82) is 0 Å². The molecule has 1 fully saturated rings. The van der Waals surface area contributed by atoms with Crippen molar-refractivity contribution in [3.63, 3.8) is 0 Å². The van der Waals surface area contributed by atoms with Gasteiger partial charge in [-0.1, -0.05) is 33.8 Å². The summed E-state index contributed by atoms with van der Waals surface area (Å²) in [7, 11) is 0.500. The maximum Gasteiger partial charge on any atom is 0.335 e. The lowest BCUT2D eigenvalue weighted by Crippen LogP contribution is -2.30. The molecule has 0 saturated carbocycles. The molecule has 0 aliphatic carbocycles. The van der Waals surface area contributed by atoms with E-state index in [1.54, 1.807) is 28.4 Å². The Bertz CT molecular complexity index is 734. The van der Waals surface area contributed by atoms with Gasteiger partial charge in [0, 0.05) is 23.2 Å². The summed E-state index contributed by atoms with van der Waals surface area (Å²) in [6.45, 7) is 10.6. The monoisotopic (exact) mass is 410 g/mol. The molecule has 3 rings (SSSR count). The van der Waals surface area contributed by atoms with Crippen molar-refractivity contribution < 1.29 is 19.1 Å². The zero-order valence-corrected chi connectivity index (χ0v) is 18.3. The first-order valence-electron chi connectivity index (χ1n) is 9.50. The Morgan fingerprint density at radius 1 is 1.18 bits per heavy atom. The highest BCUT2D eigenvalue weighted by atomic mass is 32.1. The first kappa shape index (κ1) is 25.7. The number of aromatic carboxylic acids is 1. The number of alkyl halides is 1. The predicted molar refractivity (Wildman–Crippen MR) is 113 cm³/mol. The normalized spacial score (nSPS) is 14.5. The quantitative estimate of drug-likeness (QED) is 0.698. The fourth-order valence-electron chi connectivity index (χ4n) is 2.74. The molecule has 1 aliphatic rings. The number of carbonyl (C=O) groups excluding carboxylic acids is 1. The molecule has 2 heterocycles. The molecule has 1 saturated heterocycles. The van der Waals surface area contributed by atoms with Crippen molar-refractivity contribution in [2.75, 3.05) is 13.7 Å². The minimum absolute atomic E-state index is 0.000292. The van der Waals surface area contributed by atoms with Crippen LogP contribution in [0.5, 0.6) is 0 Å². The Morgan fingerprint density at radius 2 is 1.79 bits per heavy atom. The topological polar surface area (TPSA) is 70.5 Å². The summed E-state index contributed by atoms with van der Waals surface area (Å²) in [5, 5.41) is 12.0. The van der Waals surface area contributed by atoms with Crippen LogP contribution in [0.2, 0.25) is 0 Å². The molecule has 1 aromatic carbocycles. The van der Waals surface area contributed by atoms with Gasteiger partial charge >= 0.3 is 5.97 Å². The second-order valence-corrected chi connectivity index (χ2v) is 6.26. The molecule has 1 aromatic heterocycles. The largest absolute Gasteiger partial charge is 0.478 e. The minimum atomic E-state index is -1.02. The van der Waals surface area contributed by atoms with Crippen molar-refractivity contribution in [3.05, 3.63) is 51.5 Å². The van der Waals surface area contributed by atoms with Gasteiger partial charge < -0.3 is 10.0 Å². The standard InChI is InChI=1S/C16H16N2O3S.2C2H6.CH3F/c1-10-9-22-14(17-10)13-6-3-7-18(13)15(19)11-4-2-5-12(8-11)16(20)21;3*1-2/h2,4-5,8-9,13H,3,6-7H2,1H3,(H,20,21);2*1-2H3;1H3. The number of nitrogens with zero attached hydrogens (tertiary/aromatic N) is 2. The second-order valence-electron chi connectivity index (χ2n) is 5.37. The van der Waals surface area contributed by atoms with Gasteiger partial charge in [-0.05, 0) is 38.0 Å². The lowest BCUT2D eigenvalue weighted by Gasteiger charge is -2.23. The van der Waals surface area contributed by atoms with E-state index >= 15 is 0 Å². The van der Waals surface area contributed by atoms with Gasteiger partial charge in [0.05, 0.1) is 18.8 Å². The minimum Gasteiger partial charge on any atom is -0.478 e. The van der Waals surface area contributed by atoms with Gasteiger partial charge in [0.1, 0.15) is 5.01 Å². The van der Waals surface area contributed by atoms with Crippen LogP contribution in [0.4, 0.5) is 4.39 Å². The van der Waals surface area contributed by atoms with Gasteiger partial charge in [-0.15, -0.1) is 11.3 Å². The van der Waals surface area contributed by atoms with Crippen molar-refractivity contribution in [3.8, 4) is 0 Å². The first-order chi connectivity index (χ1) is 13.6. The number of hydrogen-bond acceptors (Lipinski definition) is 4. The Balaban J connectivity index is 0.00000111. The fraction of sp³-hybridized carbons (Fsp3) is 0.476. The Hall–Kier alpha value is -2.28. The van der Waals surface area contributed by atoms with E-state index in [4.69, 9.17) is 5.11 Å². The number of likely N-dealkylation sites (tertiary alicyclic amines) is 1. The van der Waals surface area contributed by atoms with Crippen LogP contribution in [0, 0.1) is 6.92 Å². The molecule has 1 aliphatic heterocycles. The summed E-state index contributed by atoms with van der Waals surface area (Å²) in [4.78, 5) is 30.1. The molecular formula is C21H31FN2O3S. The summed E-state index contributed by atoms with van der Waals surface area (Å²) in [6.07, 6.45) is 1.84. The van der Waals surface area contributed by atoms with Gasteiger partial charge in [0.2, 0.25) is 0 Å². The number of aromatic nitrogens is 1. The number of rotatable bonds is 3. The van der Waals surface area contributed by atoms with Crippen LogP contribution in [0.1, 0.15) is 78.0 Å². The third-order valence-electron chi connectivity index (χ3n) is 3.79. The summed E-state index contributed by atoms with van der Waals surface area (Å²) in [6, 6.07) is 6.20. The molecule has 5 nitrogen and oxygen atoms in total. The van der Waals surface area contributed by atoms with Crippen LogP contribution >= 0.6 is 11.3 Å². The van der Waals surface area contributed by atoms with E-state index < -0.39 is 5.97 Å². The molecule has 0 radical (unpaired) electrons. The lowest BCUT2D eigenvalue weighted by molar-refractivity contribution is 0.0697. The molecule has 1 amide bonds. The van der Waals surface area contributed by atoms with Crippen LogP contribution in [0.15, 0.2) is 29.6 Å². The van der Waals surface area contributed by atoms with E-state index in [0.29, 0.717) is 19.3 Å². The molecule has 0 bridgehead atoms. The Morgan fingerprint density at radius 3 is 2.32 bits per heavy atom. The lowest BCUT2D eigenvalue weighted by atomic mass is 10.1. The van der Waals surface area contributed by atoms with Gasteiger partial charge in [0.15, 0.2) is 0 Å². The van der Waals surface area contributed by atoms with Crippen LogP contribution in [-0.2, 0) is 0 Å². The maximum atomic E-state index is 12.7. The number of carboxylic acids is 1. The smallest absolute Gasteiger partial charge is 0.335 e. The molecule has 0 spiro atoms. The van der Waals surface area contributed by atoms with Crippen LogP contribution < -0.4 is 0 Å². The maximum absolute atomic E-state index is 12.7. The van der Waals surface area contributed by atoms with E-state index in [1.165, 1.54) is 12.1 Å². The third-order valence-corrected chi connectivity index (χ3v) is 4.86. The molecule has 156 valence electrons. The summed E-state index contributed by atoms with van der Waals surface area (Å²) in [5.41, 5.74) is 1.51. The number of aryl methyl sites for hydroxylation is 1. The summed E-state index contributed by atoms with van der Waals surface area (Å²) < 4.78 is 9.50. The molecule has 2 aromatic rings. The zero-order chi connectivity index (χ0) is 21.7. The highest BCUT2D eigenvalue weighted by Crippen LogP contribution is 2.34. The van der Waals surface area contributed by atoms with E-state index in [0.717, 1.165) is 23.5 Å². The van der Waals surface area contributed by atoms with Crippen LogP contribution in [-0.4, -0.2) is 40.6 Å². The van der Waals surface area contributed by atoms with Crippen molar-refractivity contribution in [2.45, 2.75) is 53.5 Å². The van der Waals surface area contributed by atoms with Crippen molar-refractivity contribution in [1.82, 2.24) is 9.88 Å². The number of thiazole rings is 1. The molecule has 28 heavy (non-hydrogen) atoms. The number of carboxylic acid groups (broad SMARTS) is 1. The molecule has 1 unspecified atom stereocenters. The van der Waals surface area contributed by atoms with E-state index in [2.05, 4.69) is 4.98 Å². The Kier molecular flexibility index (Phi) is 12.7. The van der Waals surface area contributed by atoms with E-state index in [9.17, 15) is 14.0 Å². The number of carbonyl (C=O) groups is 2. The Labute approximate surface area is 171 Å².